The van der Waals surface area contributed by atoms with Gasteiger partial charge >= 0.3 is 0 Å². The maximum absolute atomic E-state index is 12.5. The number of hydrogen-bond acceptors (Lipinski definition) is 3. The van der Waals surface area contributed by atoms with E-state index in [9.17, 15) is 19.0 Å². The molecule has 0 aliphatic carbocycles. The predicted molar refractivity (Wildman–Crippen MR) is 65.4 cm³/mol. The largest absolute Gasteiger partial charge is 0.394 e. The van der Waals surface area contributed by atoms with E-state index >= 15 is 0 Å². The van der Waals surface area contributed by atoms with E-state index in [0.29, 0.717) is 18.5 Å². The highest BCUT2D eigenvalue weighted by Gasteiger charge is 2.25. The van der Waals surface area contributed by atoms with Crippen molar-refractivity contribution in [3.8, 4) is 0 Å². The number of benzene rings is 1. The van der Waals surface area contributed by atoms with Gasteiger partial charge in [-0.05, 0) is 18.1 Å². The Morgan fingerprint density at radius 2 is 1.94 bits per heavy atom. The summed E-state index contributed by atoms with van der Waals surface area (Å²) in [6.45, 7) is 1.77. The molecule has 0 atom stereocenters. The van der Waals surface area contributed by atoms with Gasteiger partial charge in [0.25, 0.3) is 6.43 Å². The molecule has 1 aromatic carbocycles. The molecule has 5 heteroatoms. The van der Waals surface area contributed by atoms with E-state index in [2.05, 4.69) is 5.32 Å². The summed E-state index contributed by atoms with van der Waals surface area (Å²) in [5.41, 5.74) is -0.0854. The van der Waals surface area contributed by atoms with Gasteiger partial charge in [0, 0.05) is 12.1 Å². The van der Waals surface area contributed by atoms with Gasteiger partial charge in [0.15, 0.2) is 0 Å². The number of aliphatic hydroxyl groups is 2. The Kier molecular flexibility index (Phi) is 5.65. The van der Waals surface area contributed by atoms with Crippen molar-refractivity contribution < 1.29 is 19.0 Å². The van der Waals surface area contributed by atoms with E-state index in [1.165, 1.54) is 12.1 Å². The summed E-state index contributed by atoms with van der Waals surface area (Å²) < 4.78 is 25.0. The minimum atomic E-state index is -2.49. The number of rotatable bonds is 7. The Morgan fingerprint density at radius 3 is 2.44 bits per heavy atom. The van der Waals surface area contributed by atoms with Gasteiger partial charge in [-0.1, -0.05) is 25.1 Å². The summed E-state index contributed by atoms with van der Waals surface area (Å²) in [5, 5.41) is 21.5. The molecule has 0 spiro atoms. The lowest BCUT2D eigenvalue weighted by atomic mass is 9.98. The Morgan fingerprint density at radius 1 is 1.28 bits per heavy atom. The number of halogens is 2. The lowest BCUT2D eigenvalue weighted by Crippen LogP contribution is -2.50. The van der Waals surface area contributed by atoms with Crippen LogP contribution in [0.3, 0.4) is 0 Å². The van der Waals surface area contributed by atoms with Gasteiger partial charge in [-0.15, -0.1) is 0 Å². The third-order valence-corrected chi connectivity index (χ3v) is 3.15. The maximum Gasteiger partial charge on any atom is 0.263 e. The van der Waals surface area contributed by atoms with Crippen molar-refractivity contribution in [2.75, 3.05) is 13.2 Å². The summed E-state index contributed by atoms with van der Waals surface area (Å²) in [6, 6.07) is 6.10. The molecule has 0 bridgehead atoms. The fraction of sp³-hybridized carbons (Fsp3) is 0.538. The highest BCUT2D eigenvalue weighted by molar-refractivity contribution is 5.24. The van der Waals surface area contributed by atoms with Gasteiger partial charge in [-0.2, -0.15) is 0 Å². The lowest BCUT2D eigenvalue weighted by Gasteiger charge is -2.30. The second-order valence-corrected chi connectivity index (χ2v) is 4.35. The van der Waals surface area contributed by atoms with Crippen LogP contribution in [0.2, 0.25) is 0 Å². The van der Waals surface area contributed by atoms with Gasteiger partial charge in [-0.3, -0.25) is 0 Å². The summed E-state index contributed by atoms with van der Waals surface area (Å²) >= 11 is 0. The molecule has 3 N–H and O–H groups in total. The summed E-state index contributed by atoms with van der Waals surface area (Å²) in [4.78, 5) is 0. The monoisotopic (exact) mass is 259 g/mol. The first kappa shape index (κ1) is 15.0. The van der Waals surface area contributed by atoms with Gasteiger partial charge in [0.1, 0.15) is 0 Å². The third-order valence-electron chi connectivity index (χ3n) is 3.15. The maximum atomic E-state index is 12.5. The average Bonchev–Trinajstić information content (AvgIpc) is 2.41. The second-order valence-electron chi connectivity index (χ2n) is 4.35. The van der Waals surface area contributed by atoms with Crippen molar-refractivity contribution in [1.29, 1.82) is 0 Å². The molecule has 3 nitrogen and oxygen atoms in total. The molecule has 0 aliphatic rings. The molecule has 1 rings (SSSR count). The number of hydrogen-bond donors (Lipinski definition) is 3. The molecule has 0 saturated heterocycles. The Hall–Kier alpha value is -1.04. The SMILES string of the molecule is CCC(CO)(CO)NCc1cccc(C(F)F)c1. The molecule has 18 heavy (non-hydrogen) atoms. The van der Waals surface area contributed by atoms with Crippen LogP contribution in [0.4, 0.5) is 8.78 Å². The summed E-state index contributed by atoms with van der Waals surface area (Å²) in [5.74, 6) is 0. The summed E-state index contributed by atoms with van der Waals surface area (Å²) in [6.07, 6.45) is -1.94. The number of nitrogens with one attached hydrogen (secondary N) is 1. The van der Waals surface area contributed by atoms with Gasteiger partial charge < -0.3 is 15.5 Å². The quantitative estimate of drug-likeness (QED) is 0.700. The van der Waals surface area contributed by atoms with E-state index < -0.39 is 12.0 Å². The van der Waals surface area contributed by atoms with Crippen molar-refractivity contribution in [2.24, 2.45) is 0 Å². The zero-order chi connectivity index (χ0) is 13.6. The van der Waals surface area contributed by atoms with Crippen LogP contribution in [-0.2, 0) is 6.54 Å². The summed E-state index contributed by atoms with van der Waals surface area (Å²) in [7, 11) is 0. The molecule has 0 heterocycles. The molecule has 1 aromatic rings. The fourth-order valence-corrected chi connectivity index (χ4v) is 1.64. The number of aliphatic hydroxyl groups excluding tert-OH is 2. The Balaban J connectivity index is 2.70. The van der Waals surface area contributed by atoms with Crippen LogP contribution in [0.25, 0.3) is 0 Å². The van der Waals surface area contributed by atoms with Crippen molar-refractivity contribution in [2.45, 2.75) is 31.9 Å². The van der Waals surface area contributed by atoms with Crippen molar-refractivity contribution >= 4 is 0 Å². The average molecular weight is 259 g/mol. The molecule has 0 aliphatic heterocycles. The van der Waals surface area contributed by atoms with E-state index in [1.54, 1.807) is 12.1 Å². The Labute approximate surface area is 105 Å². The van der Waals surface area contributed by atoms with E-state index in [-0.39, 0.29) is 18.8 Å². The van der Waals surface area contributed by atoms with Gasteiger partial charge in [-0.25, -0.2) is 8.78 Å². The van der Waals surface area contributed by atoms with E-state index in [0.717, 1.165) is 0 Å². The molecule has 0 unspecified atom stereocenters. The van der Waals surface area contributed by atoms with Crippen molar-refractivity contribution in [1.82, 2.24) is 5.32 Å². The zero-order valence-electron chi connectivity index (χ0n) is 10.4. The highest BCUT2D eigenvalue weighted by atomic mass is 19.3. The molecular weight excluding hydrogens is 240 g/mol. The van der Waals surface area contributed by atoms with E-state index in [4.69, 9.17) is 0 Å². The Bertz CT molecular complexity index is 359. The molecule has 0 radical (unpaired) electrons. The second kappa shape index (κ2) is 6.78. The minimum absolute atomic E-state index is 0.0237. The molecule has 102 valence electrons. The normalized spacial score (nSPS) is 12.1. The van der Waals surface area contributed by atoms with Crippen LogP contribution < -0.4 is 5.32 Å². The van der Waals surface area contributed by atoms with Crippen LogP contribution in [0, 0.1) is 0 Å². The fourth-order valence-electron chi connectivity index (χ4n) is 1.64. The van der Waals surface area contributed by atoms with Crippen LogP contribution in [-0.4, -0.2) is 29.0 Å². The van der Waals surface area contributed by atoms with Crippen LogP contribution in [0.15, 0.2) is 24.3 Å². The van der Waals surface area contributed by atoms with E-state index in [1.807, 2.05) is 6.92 Å². The van der Waals surface area contributed by atoms with Crippen molar-refractivity contribution in [3.63, 3.8) is 0 Å². The molecule has 0 amide bonds. The number of alkyl halides is 2. The molecule has 0 fully saturated rings. The van der Waals surface area contributed by atoms with Crippen LogP contribution in [0.5, 0.6) is 0 Å². The first-order valence-electron chi connectivity index (χ1n) is 5.90. The standard InChI is InChI=1S/C13H19F2NO2/c1-2-13(8-17,9-18)16-7-10-4-3-5-11(6-10)12(14)15/h3-6,12,16-18H,2,7-9H2,1H3. The topological polar surface area (TPSA) is 52.5 Å². The smallest absolute Gasteiger partial charge is 0.263 e. The predicted octanol–water partition coefficient (Wildman–Crippen LogP) is 1.85. The minimum Gasteiger partial charge on any atom is -0.394 e. The zero-order valence-corrected chi connectivity index (χ0v) is 10.4. The van der Waals surface area contributed by atoms with Gasteiger partial charge in [0.05, 0.1) is 18.8 Å². The first-order chi connectivity index (χ1) is 8.56. The molecular formula is C13H19F2NO2. The van der Waals surface area contributed by atoms with Crippen LogP contribution >= 0.6 is 0 Å². The highest BCUT2D eigenvalue weighted by Crippen LogP contribution is 2.20. The molecule has 0 saturated carbocycles. The lowest BCUT2D eigenvalue weighted by molar-refractivity contribution is 0.0863. The van der Waals surface area contributed by atoms with Crippen molar-refractivity contribution in [3.05, 3.63) is 35.4 Å². The van der Waals surface area contributed by atoms with Gasteiger partial charge in [0.2, 0.25) is 0 Å². The third kappa shape index (κ3) is 3.73. The first-order valence-corrected chi connectivity index (χ1v) is 5.90. The molecule has 0 aromatic heterocycles. The van der Waals surface area contributed by atoms with Crippen LogP contribution in [0.1, 0.15) is 30.9 Å².